The first-order valence-electron chi connectivity index (χ1n) is 8.28. The molecule has 2 fully saturated rings. The van der Waals surface area contributed by atoms with E-state index in [1.807, 2.05) is 6.92 Å². The minimum Gasteiger partial charge on any atom is -0.465 e. The first kappa shape index (κ1) is 15.8. The highest BCUT2D eigenvalue weighted by molar-refractivity contribution is 5.76. The van der Waals surface area contributed by atoms with Crippen LogP contribution >= 0.6 is 0 Å². The first-order chi connectivity index (χ1) is 9.65. The van der Waals surface area contributed by atoms with Gasteiger partial charge in [-0.15, -0.1) is 0 Å². The summed E-state index contributed by atoms with van der Waals surface area (Å²) in [6, 6.07) is 0.466. The Kier molecular flexibility index (Phi) is 5.85. The second kappa shape index (κ2) is 7.41. The Bertz CT molecular complexity index is 320. The van der Waals surface area contributed by atoms with Crippen LogP contribution in [0.4, 0.5) is 0 Å². The van der Waals surface area contributed by atoms with Crippen LogP contribution < -0.4 is 5.32 Å². The van der Waals surface area contributed by atoms with Crippen molar-refractivity contribution < 1.29 is 9.53 Å². The molecule has 0 radical (unpaired) electrons. The van der Waals surface area contributed by atoms with Gasteiger partial charge < -0.3 is 10.1 Å². The number of hydrogen-bond acceptors (Lipinski definition) is 4. The molecule has 4 nitrogen and oxygen atoms in total. The normalized spacial score (nSPS) is 32.3. The van der Waals surface area contributed by atoms with E-state index in [4.69, 9.17) is 4.74 Å². The minimum atomic E-state index is -0.0898. The number of ether oxygens (including phenoxy) is 1. The fraction of sp³-hybridized carbons (Fsp3) is 0.938. The molecule has 3 atom stereocenters. The molecule has 2 rings (SSSR count). The quantitative estimate of drug-likeness (QED) is 0.801. The maximum Gasteiger partial charge on any atom is 0.324 e. The summed E-state index contributed by atoms with van der Waals surface area (Å²) in [5, 5.41) is 3.34. The lowest BCUT2D eigenvalue weighted by Gasteiger charge is -2.46. The van der Waals surface area contributed by atoms with Gasteiger partial charge >= 0.3 is 5.97 Å². The Balaban J connectivity index is 2.11. The van der Waals surface area contributed by atoms with E-state index >= 15 is 0 Å². The molecule has 1 N–H and O–H groups in total. The van der Waals surface area contributed by atoms with Crippen molar-refractivity contribution in [1.29, 1.82) is 0 Å². The number of piperazine rings is 1. The molecule has 0 aromatic carbocycles. The van der Waals surface area contributed by atoms with Crippen molar-refractivity contribution in [1.82, 2.24) is 10.2 Å². The molecule has 0 spiro atoms. The van der Waals surface area contributed by atoms with Gasteiger partial charge in [0.25, 0.3) is 0 Å². The Labute approximate surface area is 123 Å². The summed E-state index contributed by atoms with van der Waals surface area (Å²) in [6.45, 7) is 9.70. The van der Waals surface area contributed by atoms with Crippen LogP contribution in [0, 0.1) is 11.8 Å². The largest absolute Gasteiger partial charge is 0.465 e. The van der Waals surface area contributed by atoms with Crippen molar-refractivity contribution in [2.45, 2.75) is 58.5 Å². The highest BCUT2D eigenvalue weighted by Gasteiger charge is 2.39. The van der Waals surface area contributed by atoms with Gasteiger partial charge in [0.2, 0.25) is 0 Å². The average molecular weight is 282 g/mol. The lowest BCUT2D eigenvalue weighted by atomic mass is 9.76. The van der Waals surface area contributed by atoms with E-state index in [1.54, 1.807) is 0 Å². The fourth-order valence-corrected chi connectivity index (χ4v) is 3.90. The van der Waals surface area contributed by atoms with Crippen LogP contribution in [0.3, 0.4) is 0 Å². The molecule has 1 heterocycles. The van der Waals surface area contributed by atoms with Crippen molar-refractivity contribution in [2.24, 2.45) is 11.8 Å². The summed E-state index contributed by atoms with van der Waals surface area (Å²) in [5.74, 6) is 1.37. The van der Waals surface area contributed by atoms with Crippen LogP contribution in [0.15, 0.2) is 0 Å². The summed E-state index contributed by atoms with van der Waals surface area (Å²) in [6.07, 6.45) is 5.18. The highest BCUT2D eigenvalue weighted by Crippen LogP contribution is 2.34. The molecule has 1 saturated heterocycles. The SMILES string of the molecule is CCOC(=O)C1CNCCN1C1CCCCC1C(C)C. The predicted octanol–water partition coefficient (Wildman–Crippen LogP) is 2.04. The molecule has 1 saturated carbocycles. The van der Waals surface area contributed by atoms with Crippen LogP contribution in [0.25, 0.3) is 0 Å². The van der Waals surface area contributed by atoms with Gasteiger partial charge in [-0.3, -0.25) is 9.69 Å². The zero-order valence-corrected chi connectivity index (χ0v) is 13.2. The Morgan fingerprint density at radius 1 is 1.35 bits per heavy atom. The van der Waals surface area contributed by atoms with Gasteiger partial charge in [-0.25, -0.2) is 0 Å². The van der Waals surface area contributed by atoms with E-state index in [2.05, 4.69) is 24.1 Å². The third-order valence-corrected chi connectivity index (χ3v) is 4.91. The molecule has 0 bridgehead atoms. The molecular formula is C16H30N2O2. The molecule has 3 unspecified atom stereocenters. The van der Waals surface area contributed by atoms with Crippen LogP contribution in [0.5, 0.6) is 0 Å². The first-order valence-corrected chi connectivity index (χ1v) is 8.28. The van der Waals surface area contributed by atoms with Crippen LogP contribution in [-0.2, 0) is 9.53 Å². The number of hydrogen-bond donors (Lipinski definition) is 1. The van der Waals surface area contributed by atoms with E-state index in [0.29, 0.717) is 18.6 Å². The van der Waals surface area contributed by atoms with Gasteiger partial charge in [-0.1, -0.05) is 26.7 Å². The lowest BCUT2D eigenvalue weighted by Crippen LogP contribution is -2.61. The van der Waals surface area contributed by atoms with Crippen LogP contribution in [0.1, 0.15) is 46.5 Å². The molecule has 1 aliphatic heterocycles. The van der Waals surface area contributed by atoms with Crippen molar-refractivity contribution in [3.8, 4) is 0 Å². The molecule has 0 amide bonds. The smallest absolute Gasteiger partial charge is 0.324 e. The third kappa shape index (κ3) is 3.53. The topological polar surface area (TPSA) is 41.6 Å². The Morgan fingerprint density at radius 2 is 2.10 bits per heavy atom. The minimum absolute atomic E-state index is 0.0484. The summed E-state index contributed by atoms with van der Waals surface area (Å²) in [5.41, 5.74) is 0. The van der Waals surface area contributed by atoms with Gasteiger partial charge in [0, 0.05) is 25.7 Å². The standard InChI is InChI=1S/C16H30N2O2/c1-4-20-16(19)15-11-17-9-10-18(15)14-8-6-5-7-13(14)12(2)3/h12-15,17H,4-11H2,1-3H3. The number of carbonyl (C=O) groups is 1. The van der Waals surface area contributed by atoms with E-state index in [1.165, 1.54) is 25.7 Å². The van der Waals surface area contributed by atoms with Crippen molar-refractivity contribution >= 4 is 5.97 Å². The maximum absolute atomic E-state index is 12.2. The van der Waals surface area contributed by atoms with Gasteiger partial charge in [-0.05, 0) is 31.6 Å². The van der Waals surface area contributed by atoms with E-state index < -0.39 is 0 Å². The van der Waals surface area contributed by atoms with Crippen molar-refractivity contribution in [2.75, 3.05) is 26.2 Å². The lowest BCUT2D eigenvalue weighted by molar-refractivity contribution is -0.152. The molecule has 20 heavy (non-hydrogen) atoms. The Hall–Kier alpha value is -0.610. The number of carbonyl (C=O) groups excluding carboxylic acids is 1. The maximum atomic E-state index is 12.2. The second-order valence-electron chi connectivity index (χ2n) is 6.47. The van der Waals surface area contributed by atoms with E-state index in [0.717, 1.165) is 25.6 Å². The molecule has 0 aromatic rings. The van der Waals surface area contributed by atoms with Crippen LogP contribution in [0.2, 0.25) is 0 Å². The van der Waals surface area contributed by atoms with Crippen LogP contribution in [-0.4, -0.2) is 49.2 Å². The molecular weight excluding hydrogens is 252 g/mol. The summed E-state index contributed by atoms with van der Waals surface area (Å²) in [7, 11) is 0. The highest BCUT2D eigenvalue weighted by atomic mass is 16.5. The number of rotatable bonds is 4. The second-order valence-corrected chi connectivity index (χ2v) is 6.47. The summed E-state index contributed by atoms with van der Waals surface area (Å²) in [4.78, 5) is 14.7. The van der Waals surface area contributed by atoms with Crippen molar-refractivity contribution in [3.63, 3.8) is 0 Å². The molecule has 1 aliphatic carbocycles. The number of nitrogens with zero attached hydrogens (tertiary/aromatic N) is 1. The predicted molar refractivity (Wildman–Crippen MR) is 80.6 cm³/mol. The Morgan fingerprint density at radius 3 is 2.80 bits per heavy atom. The zero-order valence-electron chi connectivity index (χ0n) is 13.2. The summed E-state index contributed by atoms with van der Waals surface area (Å²) >= 11 is 0. The fourth-order valence-electron chi connectivity index (χ4n) is 3.90. The number of nitrogens with one attached hydrogen (secondary N) is 1. The van der Waals surface area contributed by atoms with Gasteiger partial charge in [0.15, 0.2) is 0 Å². The van der Waals surface area contributed by atoms with E-state index in [-0.39, 0.29) is 12.0 Å². The van der Waals surface area contributed by atoms with Gasteiger partial charge in [-0.2, -0.15) is 0 Å². The average Bonchev–Trinajstić information content (AvgIpc) is 2.47. The monoisotopic (exact) mass is 282 g/mol. The molecule has 0 aromatic heterocycles. The molecule has 2 aliphatic rings. The zero-order chi connectivity index (χ0) is 14.5. The van der Waals surface area contributed by atoms with E-state index in [9.17, 15) is 4.79 Å². The molecule has 4 heteroatoms. The molecule has 116 valence electrons. The number of esters is 1. The third-order valence-electron chi connectivity index (χ3n) is 4.91. The van der Waals surface area contributed by atoms with Crippen molar-refractivity contribution in [3.05, 3.63) is 0 Å². The summed E-state index contributed by atoms with van der Waals surface area (Å²) < 4.78 is 5.28. The van der Waals surface area contributed by atoms with Gasteiger partial charge in [0.1, 0.15) is 6.04 Å². The van der Waals surface area contributed by atoms with Gasteiger partial charge in [0.05, 0.1) is 6.61 Å².